The number of nitro groups is 1. The van der Waals surface area contributed by atoms with E-state index in [9.17, 15) is 19.7 Å². The summed E-state index contributed by atoms with van der Waals surface area (Å²) < 4.78 is 5.87. The Kier molecular flexibility index (Phi) is 7.43. The monoisotopic (exact) mass is 449 g/mol. The molecule has 1 aliphatic rings. The van der Waals surface area contributed by atoms with Crippen LogP contribution in [0.25, 0.3) is 0 Å². The van der Waals surface area contributed by atoms with Crippen molar-refractivity contribution in [3.63, 3.8) is 0 Å². The van der Waals surface area contributed by atoms with Crippen LogP contribution >= 0.6 is 23.1 Å². The molecular formula is C20H23N3O5S2. The van der Waals surface area contributed by atoms with Crippen LogP contribution in [-0.2, 0) is 9.53 Å². The lowest BCUT2D eigenvalue weighted by Gasteiger charge is -2.26. The second-order valence-electron chi connectivity index (χ2n) is 7.39. The molecule has 0 atom stereocenters. The summed E-state index contributed by atoms with van der Waals surface area (Å²) in [5.41, 5.74) is 0.672. The summed E-state index contributed by atoms with van der Waals surface area (Å²) >= 11 is 2.64. The zero-order valence-electron chi connectivity index (χ0n) is 16.8. The van der Waals surface area contributed by atoms with Crippen LogP contribution in [0.5, 0.6) is 0 Å². The van der Waals surface area contributed by atoms with Crippen LogP contribution in [0.2, 0.25) is 0 Å². The van der Waals surface area contributed by atoms with Gasteiger partial charge in [-0.1, -0.05) is 18.7 Å². The van der Waals surface area contributed by atoms with Gasteiger partial charge in [-0.15, -0.1) is 11.3 Å². The van der Waals surface area contributed by atoms with Gasteiger partial charge in [0.25, 0.3) is 11.6 Å². The van der Waals surface area contributed by atoms with Crippen LogP contribution in [-0.4, -0.2) is 34.4 Å². The van der Waals surface area contributed by atoms with Crippen molar-refractivity contribution in [3.8, 4) is 0 Å². The predicted octanol–water partition coefficient (Wildman–Crippen LogP) is 4.36. The number of carbonyl (C=O) groups is 2. The molecule has 0 unspecified atom stereocenters. The van der Waals surface area contributed by atoms with Gasteiger partial charge in [0.2, 0.25) is 0 Å². The van der Waals surface area contributed by atoms with E-state index in [2.05, 4.69) is 17.2 Å². The SMILES string of the molecule is Cc1csc(Sc2ccc([N+](=O)[O-])cc2C(=O)OCC(=O)NC2CCC(C)CC2)n1. The Morgan fingerprint density at radius 2 is 2.07 bits per heavy atom. The number of aryl methyl sites for hydroxylation is 1. The molecule has 1 aromatic carbocycles. The summed E-state index contributed by atoms with van der Waals surface area (Å²) in [5.74, 6) is -0.470. The Bertz CT molecular complexity index is 938. The lowest BCUT2D eigenvalue weighted by Crippen LogP contribution is -2.39. The molecule has 1 saturated carbocycles. The third-order valence-electron chi connectivity index (χ3n) is 4.90. The standard InChI is InChI=1S/C20H23N3O5S2/c1-12-3-5-14(6-4-12)22-18(24)10-28-19(25)16-9-15(23(26)27)7-8-17(16)30-20-21-13(2)11-29-20/h7-9,11-12,14H,3-6,10H2,1-2H3,(H,22,24). The number of rotatable bonds is 7. The van der Waals surface area contributed by atoms with Gasteiger partial charge in [0.05, 0.1) is 10.5 Å². The number of benzene rings is 1. The lowest BCUT2D eigenvalue weighted by atomic mass is 9.87. The predicted molar refractivity (Wildman–Crippen MR) is 114 cm³/mol. The average Bonchev–Trinajstić information content (AvgIpc) is 3.12. The quantitative estimate of drug-likeness (QED) is 0.380. The first-order valence-electron chi connectivity index (χ1n) is 9.66. The molecule has 0 aliphatic heterocycles. The number of amides is 1. The molecule has 10 heteroatoms. The maximum atomic E-state index is 12.6. The van der Waals surface area contributed by atoms with Crippen molar-refractivity contribution in [3.05, 3.63) is 45.0 Å². The Morgan fingerprint density at radius 1 is 1.33 bits per heavy atom. The minimum absolute atomic E-state index is 0.0429. The van der Waals surface area contributed by atoms with Crippen molar-refractivity contribution in [2.45, 2.75) is 54.8 Å². The number of thiazole rings is 1. The van der Waals surface area contributed by atoms with Gasteiger partial charge >= 0.3 is 5.97 Å². The smallest absolute Gasteiger partial charge is 0.340 e. The van der Waals surface area contributed by atoms with E-state index in [1.165, 1.54) is 41.3 Å². The molecule has 0 saturated heterocycles. The molecule has 1 amide bonds. The van der Waals surface area contributed by atoms with Gasteiger partial charge in [0.1, 0.15) is 0 Å². The molecule has 3 rings (SSSR count). The number of aromatic nitrogens is 1. The van der Waals surface area contributed by atoms with E-state index in [-0.39, 0.29) is 23.2 Å². The zero-order chi connectivity index (χ0) is 21.7. The Morgan fingerprint density at radius 3 is 2.70 bits per heavy atom. The number of hydrogen-bond donors (Lipinski definition) is 1. The highest BCUT2D eigenvalue weighted by Gasteiger charge is 2.23. The first-order chi connectivity index (χ1) is 14.3. The van der Waals surface area contributed by atoms with Gasteiger partial charge < -0.3 is 10.1 Å². The van der Waals surface area contributed by atoms with Gasteiger partial charge in [-0.3, -0.25) is 14.9 Å². The molecule has 30 heavy (non-hydrogen) atoms. The van der Waals surface area contributed by atoms with E-state index in [0.29, 0.717) is 15.2 Å². The molecule has 0 spiro atoms. The number of nitro benzene ring substituents is 1. The van der Waals surface area contributed by atoms with E-state index < -0.39 is 17.5 Å². The normalized spacial score (nSPS) is 18.6. The highest BCUT2D eigenvalue weighted by atomic mass is 32.2. The van der Waals surface area contributed by atoms with E-state index >= 15 is 0 Å². The van der Waals surface area contributed by atoms with Gasteiger partial charge in [-0.05, 0) is 44.6 Å². The summed E-state index contributed by atoms with van der Waals surface area (Å²) in [4.78, 5) is 40.2. The minimum Gasteiger partial charge on any atom is -0.452 e. The lowest BCUT2D eigenvalue weighted by molar-refractivity contribution is -0.384. The number of carbonyl (C=O) groups excluding carboxylic acids is 2. The molecule has 1 aliphatic carbocycles. The molecule has 0 radical (unpaired) electrons. The van der Waals surface area contributed by atoms with Crippen LogP contribution in [0.15, 0.2) is 32.8 Å². The van der Waals surface area contributed by atoms with Gasteiger partial charge in [0, 0.05) is 34.1 Å². The molecular weight excluding hydrogens is 426 g/mol. The highest BCUT2D eigenvalue weighted by molar-refractivity contribution is 8.01. The zero-order valence-corrected chi connectivity index (χ0v) is 18.4. The molecule has 8 nitrogen and oxygen atoms in total. The summed E-state index contributed by atoms with van der Waals surface area (Å²) in [6, 6.07) is 4.10. The number of nitrogens with zero attached hydrogens (tertiary/aromatic N) is 2. The van der Waals surface area contributed by atoms with Gasteiger partial charge in [-0.25, -0.2) is 9.78 Å². The Hall–Kier alpha value is -2.46. The summed E-state index contributed by atoms with van der Waals surface area (Å²) in [6.07, 6.45) is 3.96. The molecule has 1 N–H and O–H groups in total. The maximum absolute atomic E-state index is 12.6. The van der Waals surface area contributed by atoms with Gasteiger partial charge in [0.15, 0.2) is 10.9 Å². The van der Waals surface area contributed by atoms with Gasteiger partial charge in [-0.2, -0.15) is 0 Å². The first kappa shape index (κ1) is 22.2. The van der Waals surface area contributed by atoms with Crippen molar-refractivity contribution in [1.82, 2.24) is 10.3 Å². The second kappa shape index (κ2) is 10.0. The third kappa shape index (κ3) is 6.02. The fourth-order valence-electron chi connectivity index (χ4n) is 3.24. The number of esters is 1. The van der Waals surface area contributed by atoms with Crippen molar-refractivity contribution >= 4 is 40.7 Å². The summed E-state index contributed by atoms with van der Waals surface area (Å²) in [7, 11) is 0. The largest absolute Gasteiger partial charge is 0.452 e. The highest BCUT2D eigenvalue weighted by Crippen LogP contribution is 2.34. The third-order valence-corrected chi connectivity index (χ3v) is 7.04. The van der Waals surface area contributed by atoms with Crippen molar-refractivity contribution in [2.75, 3.05) is 6.61 Å². The molecule has 1 aromatic heterocycles. The molecule has 1 fully saturated rings. The number of ether oxygens (including phenoxy) is 1. The minimum atomic E-state index is -0.776. The molecule has 2 aromatic rings. The fourth-order valence-corrected chi connectivity index (χ4v) is 5.13. The maximum Gasteiger partial charge on any atom is 0.340 e. The Balaban J connectivity index is 1.66. The van der Waals surface area contributed by atoms with Crippen molar-refractivity contribution < 1.29 is 19.2 Å². The van der Waals surface area contributed by atoms with E-state index in [1.807, 2.05) is 12.3 Å². The number of hydrogen-bond acceptors (Lipinski definition) is 8. The second-order valence-corrected chi connectivity index (χ2v) is 9.54. The van der Waals surface area contributed by atoms with Crippen LogP contribution in [0.4, 0.5) is 5.69 Å². The Labute approximate surface area is 182 Å². The topological polar surface area (TPSA) is 111 Å². The average molecular weight is 450 g/mol. The number of non-ortho nitro benzene ring substituents is 1. The van der Waals surface area contributed by atoms with Crippen molar-refractivity contribution in [1.29, 1.82) is 0 Å². The van der Waals surface area contributed by atoms with E-state index in [1.54, 1.807) is 0 Å². The van der Waals surface area contributed by atoms with Crippen LogP contribution < -0.4 is 5.32 Å². The fraction of sp³-hybridized carbons (Fsp3) is 0.450. The molecule has 1 heterocycles. The number of nitrogens with one attached hydrogen (secondary N) is 1. The van der Waals surface area contributed by atoms with Crippen molar-refractivity contribution in [2.24, 2.45) is 5.92 Å². The summed E-state index contributed by atoms with van der Waals surface area (Å²) in [6.45, 7) is 3.63. The molecule has 160 valence electrons. The summed E-state index contributed by atoms with van der Waals surface area (Å²) in [5, 5.41) is 15.9. The van der Waals surface area contributed by atoms with Crippen LogP contribution in [0.1, 0.15) is 48.7 Å². The van der Waals surface area contributed by atoms with E-state index in [0.717, 1.165) is 31.4 Å². The van der Waals surface area contributed by atoms with E-state index in [4.69, 9.17) is 4.74 Å². The molecule has 0 bridgehead atoms. The van der Waals surface area contributed by atoms with Crippen LogP contribution in [0, 0.1) is 23.0 Å². The van der Waals surface area contributed by atoms with Crippen LogP contribution in [0.3, 0.4) is 0 Å². The first-order valence-corrected chi connectivity index (χ1v) is 11.4.